The Morgan fingerprint density at radius 2 is 2.00 bits per heavy atom. The SMILES string of the molecule is C[C@@H]1NC[C@H](C(C)(C)C)CC1=O. The number of nitrogens with one attached hydrogen (secondary N) is 1. The lowest BCUT2D eigenvalue weighted by molar-refractivity contribution is -0.124. The summed E-state index contributed by atoms with van der Waals surface area (Å²) in [4.78, 5) is 11.4. The lowest BCUT2D eigenvalue weighted by atomic mass is 9.75. The fourth-order valence-electron chi connectivity index (χ4n) is 1.54. The largest absolute Gasteiger partial charge is 0.307 e. The quantitative estimate of drug-likeness (QED) is 0.597. The van der Waals surface area contributed by atoms with E-state index in [4.69, 9.17) is 0 Å². The third kappa shape index (κ3) is 2.07. The molecule has 0 radical (unpaired) electrons. The molecule has 0 amide bonds. The molecule has 0 bridgehead atoms. The minimum atomic E-state index is 0.0728. The topological polar surface area (TPSA) is 29.1 Å². The van der Waals surface area contributed by atoms with Crippen molar-refractivity contribution in [1.29, 1.82) is 0 Å². The van der Waals surface area contributed by atoms with Crippen molar-refractivity contribution in [2.24, 2.45) is 11.3 Å². The van der Waals surface area contributed by atoms with Crippen molar-refractivity contribution in [3.8, 4) is 0 Å². The molecule has 1 saturated heterocycles. The Kier molecular flexibility index (Phi) is 2.57. The molecule has 12 heavy (non-hydrogen) atoms. The first-order chi connectivity index (χ1) is 5.41. The maximum Gasteiger partial charge on any atom is 0.149 e. The van der Waals surface area contributed by atoms with Crippen LogP contribution in [0.2, 0.25) is 0 Å². The van der Waals surface area contributed by atoms with E-state index in [1.807, 2.05) is 6.92 Å². The summed E-state index contributed by atoms with van der Waals surface area (Å²) in [6.07, 6.45) is 0.748. The normalized spacial score (nSPS) is 32.2. The van der Waals surface area contributed by atoms with Crippen LogP contribution in [0.15, 0.2) is 0 Å². The molecule has 70 valence electrons. The van der Waals surface area contributed by atoms with Crippen LogP contribution in [0.4, 0.5) is 0 Å². The number of carbonyl (C=O) groups is 1. The Bertz CT molecular complexity index is 181. The minimum absolute atomic E-state index is 0.0728. The molecule has 2 atom stereocenters. The van der Waals surface area contributed by atoms with Crippen LogP contribution in [0, 0.1) is 11.3 Å². The fourth-order valence-corrected chi connectivity index (χ4v) is 1.54. The average molecular weight is 169 g/mol. The first-order valence-corrected chi connectivity index (χ1v) is 4.67. The fraction of sp³-hybridized carbons (Fsp3) is 0.900. The number of piperidine rings is 1. The lowest BCUT2D eigenvalue weighted by Crippen LogP contribution is -2.47. The number of hydrogen-bond acceptors (Lipinski definition) is 2. The van der Waals surface area contributed by atoms with Crippen LogP contribution in [0.5, 0.6) is 0 Å². The van der Waals surface area contributed by atoms with Crippen LogP contribution in [-0.4, -0.2) is 18.4 Å². The van der Waals surface area contributed by atoms with Gasteiger partial charge in [-0.1, -0.05) is 20.8 Å². The highest BCUT2D eigenvalue weighted by Crippen LogP contribution is 2.30. The van der Waals surface area contributed by atoms with Gasteiger partial charge in [-0.05, 0) is 24.8 Å². The molecule has 0 aromatic rings. The lowest BCUT2D eigenvalue weighted by Gasteiger charge is -2.35. The molecule has 1 aliphatic heterocycles. The van der Waals surface area contributed by atoms with E-state index < -0.39 is 0 Å². The Morgan fingerprint density at radius 1 is 1.42 bits per heavy atom. The molecule has 0 aliphatic carbocycles. The van der Waals surface area contributed by atoms with E-state index in [1.165, 1.54) is 0 Å². The van der Waals surface area contributed by atoms with Crippen molar-refractivity contribution in [2.75, 3.05) is 6.54 Å². The summed E-state index contributed by atoms with van der Waals surface area (Å²) >= 11 is 0. The molecule has 2 heteroatoms. The van der Waals surface area contributed by atoms with Gasteiger partial charge in [0.2, 0.25) is 0 Å². The van der Waals surface area contributed by atoms with Gasteiger partial charge in [-0.25, -0.2) is 0 Å². The van der Waals surface area contributed by atoms with E-state index in [0.29, 0.717) is 11.7 Å². The molecule has 0 aromatic carbocycles. The van der Waals surface area contributed by atoms with E-state index in [0.717, 1.165) is 13.0 Å². The van der Waals surface area contributed by atoms with E-state index in [2.05, 4.69) is 26.1 Å². The maximum atomic E-state index is 11.4. The zero-order chi connectivity index (χ0) is 9.35. The molecule has 0 spiro atoms. The zero-order valence-electron chi connectivity index (χ0n) is 8.48. The Labute approximate surface area is 74.7 Å². The molecule has 0 unspecified atom stereocenters. The molecule has 0 aromatic heterocycles. The molecule has 1 heterocycles. The van der Waals surface area contributed by atoms with Gasteiger partial charge in [-0.2, -0.15) is 0 Å². The van der Waals surface area contributed by atoms with Crippen molar-refractivity contribution >= 4 is 5.78 Å². The third-order valence-corrected chi connectivity index (χ3v) is 2.83. The van der Waals surface area contributed by atoms with Crippen molar-refractivity contribution in [2.45, 2.75) is 40.2 Å². The van der Waals surface area contributed by atoms with Gasteiger partial charge in [0.25, 0.3) is 0 Å². The highest BCUT2D eigenvalue weighted by molar-refractivity contribution is 5.84. The van der Waals surface area contributed by atoms with Crippen molar-refractivity contribution in [3.05, 3.63) is 0 Å². The van der Waals surface area contributed by atoms with Gasteiger partial charge < -0.3 is 5.32 Å². The zero-order valence-corrected chi connectivity index (χ0v) is 8.48. The van der Waals surface area contributed by atoms with E-state index in [-0.39, 0.29) is 11.5 Å². The highest BCUT2D eigenvalue weighted by Gasteiger charge is 2.32. The van der Waals surface area contributed by atoms with E-state index in [9.17, 15) is 4.79 Å². The molecule has 1 aliphatic rings. The van der Waals surface area contributed by atoms with Crippen LogP contribution in [0.25, 0.3) is 0 Å². The molecule has 1 fully saturated rings. The molecule has 1 N–H and O–H groups in total. The van der Waals surface area contributed by atoms with Crippen molar-refractivity contribution in [3.63, 3.8) is 0 Å². The number of rotatable bonds is 0. The molecular formula is C10H19NO. The number of ketones is 1. The second kappa shape index (κ2) is 3.17. The Balaban J connectivity index is 2.57. The Morgan fingerprint density at radius 3 is 2.42 bits per heavy atom. The smallest absolute Gasteiger partial charge is 0.149 e. The van der Waals surface area contributed by atoms with Gasteiger partial charge >= 0.3 is 0 Å². The van der Waals surface area contributed by atoms with Crippen molar-refractivity contribution in [1.82, 2.24) is 5.32 Å². The summed E-state index contributed by atoms with van der Waals surface area (Å²) in [7, 11) is 0. The summed E-state index contributed by atoms with van der Waals surface area (Å²) in [5.74, 6) is 0.863. The standard InChI is InChI=1S/C10H19NO/c1-7-9(12)5-8(6-11-7)10(2,3)4/h7-8,11H,5-6H2,1-4H3/t7-,8+/m0/s1. The van der Waals surface area contributed by atoms with Crippen LogP contribution in [-0.2, 0) is 4.79 Å². The van der Waals surface area contributed by atoms with Crippen LogP contribution in [0.1, 0.15) is 34.1 Å². The van der Waals surface area contributed by atoms with Gasteiger partial charge in [-0.3, -0.25) is 4.79 Å². The number of Topliss-reactive ketones (excluding diaryl/α,β-unsaturated/α-hetero) is 1. The van der Waals surface area contributed by atoms with Gasteiger partial charge in [0.1, 0.15) is 5.78 Å². The number of carbonyl (C=O) groups excluding carboxylic acids is 1. The van der Waals surface area contributed by atoms with Crippen LogP contribution < -0.4 is 5.32 Å². The summed E-state index contributed by atoms with van der Waals surface area (Å²) in [5, 5.41) is 3.24. The maximum absolute atomic E-state index is 11.4. The van der Waals surface area contributed by atoms with E-state index >= 15 is 0 Å². The summed E-state index contributed by atoms with van der Waals surface area (Å²) < 4.78 is 0. The third-order valence-electron chi connectivity index (χ3n) is 2.83. The second-order valence-corrected chi connectivity index (χ2v) is 4.86. The van der Waals surface area contributed by atoms with E-state index in [1.54, 1.807) is 0 Å². The van der Waals surface area contributed by atoms with Gasteiger partial charge in [0.15, 0.2) is 0 Å². The average Bonchev–Trinajstić information content (AvgIpc) is 1.92. The summed E-state index contributed by atoms with van der Waals surface area (Å²) in [6, 6.07) is 0.0728. The molecular weight excluding hydrogens is 150 g/mol. The van der Waals surface area contributed by atoms with Crippen LogP contribution >= 0.6 is 0 Å². The van der Waals surface area contributed by atoms with Gasteiger partial charge in [-0.15, -0.1) is 0 Å². The molecule has 2 nitrogen and oxygen atoms in total. The first-order valence-electron chi connectivity index (χ1n) is 4.67. The monoisotopic (exact) mass is 169 g/mol. The molecule has 1 rings (SSSR count). The van der Waals surface area contributed by atoms with Crippen LogP contribution in [0.3, 0.4) is 0 Å². The van der Waals surface area contributed by atoms with Crippen molar-refractivity contribution < 1.29 is 4.79 Å². The van der Waals surface area contributed by atoms with Gasteiger partial charge in [0, 0.05) is 6.42 Å². The van der Waals surface area contributed by atoms with Gasteiger partial charge in [0.05, 0.1) is 6.04 Å². The number of hydrogen-bond donors (Lipinski definition) is 1. The first kappa shape index (κ1) is 9.72. The highest BCUT2D eigenvalue weighted by atomic mass is 16.1. The summed E-state index contributed by atoms with van der Waals surface area (Å²) in [5.41, 5.74) is 0.253. The minimum Gasteiger partial charge on any atom is -0.307 e. The molecule has 0 saturated carbocycles. The predicted octanol–water partition coefficient (Wildman–Crippen LogP) is 1.60. The predicted molar refractivity (Wildman–Crippen MR) is 50.0 cm³/mol. The second-order valence-electron chi connectivity index (χ2n) is 4.86. The summed E-state index contributed by atoms with van der Waals surface area (Å²) in [6.45, 7) is 9.52. The Hall–Kier alpha value is -0.370.